The largest absolute Gasteiger partial charge is 0.313 e. The molecule has 0 aliphatic rings. The predicted octanol–water partition coefficient (Wildman–Crippen LogP) is 2.12. The Morgan fingerprint density at radius 2 is 2.09 bits per heavy atom. The van der Waals surface area contributed by atoms with Gasteiger partial charge in [-0.15, -0.1) is 11.3 Å². The second-order valence-electron chi connectivity index (χ2n) is 4.42. The van der Waals surface area contributed by atoms with Crippen molar-refractivity contribution in [2.24, 2.45) is 0 Å². The third-order valence-corrected chi connectivity index (χ3v) is 5.89. The van der Waals surface area contributed by atoms with Gasteiger partial charge in [0.15, 0.2) is 0 Å². The van der Waals surface area contributed by atoms with E-state index in [9.17, 15) is 13.2 Å². The van der Waals surface area contributed by atoms with Crippen molar-refractivity contribution in [2.75, 3.05) is 0 Å². The maximum absolute atomic E-state index is 12.2. The second-order valence-corrected chi connectivity index (χ2v) is 7.68. The lowest BCUT2D eigenvalue weighted by Crippen LogP contribution is -2.23. The van der Waals surface area contributed by atoms with Crippen molar-refractivity contribution in [3.05, 3.63) is 56.9 Å². The van der Waals surface area contributed by atoms with Crippen molar-refractivity contribution in [2.45, 2.75) is 11.4 Å². The third-order valence-electron chi connectivity index (χ3n) is 2.95. The first-order valence-corrected chi connectivity index (χ1v) is 8.85. The first-order chi connectivity index (χ1) is 10.5. The van der Waals surface area contributed by atoms with Gasteiger partial charge in [-0.25, -0.2) is 18.1 Å². The van der Waals surface area contributed by atoms with Gasteiger partial charge in [-0.3, -0.25) is 4.79 Å². The zero-order chi connectivity index (χ0) is 15.7. The quantitative estimate of drug-likeness (QED) is 0.749. The zero-order valence-corrected chi connectivity index (χ0v) is 13.4. The molecule has 114 valence electrons. The fourth-order valence-electron chi connectivity index (χ4n) is 1.91. The molecule has 0 saturated heterocycles. The topological polar surface area (TPSA) is 91.9 Å². The van der Waals surface area contributed by atoms with Crippen LogP contribution >= 0.6 is 22.9 Å². The summed E-state index contributed by atoms with van der Waals surface area (Å²) in [5.41, 5.74) is -0.249. The molecule has 0 radical (unpaired) electrons. The number of sulfonamides is 1. The number of rotatable bonds is 4. The van der Waals surface area contributed by atoms with Crippen LogP contribution in [-0.2, 0) is 16.6 Å². The molecule has 2 aromatic heterocycles. The average Bonchev–Trinajstić information content (AvgIpc) is 2.90. The number of hydrogen-bond donors (Lipinski definition) is 2. The highest BCUT2D eigenvalue weighted by molar-refractivity contribution is 7.89. The highest BCUT2D eigenvalue weighted by atomic mass is 35.5. The van der Waals surface area contributed by atoms with Crippen molar-refractivity contribution in [1.82, 2.24) is 14.7 Å². The van der Waals surface area contributed by atoms with Gasteiger partial charge in [-0.05, 0) is 18.2 Å². The van der Waals surface area contributed by atoms with Gasteiger partial charge in [0.05, 0.1) is 16.7 Å². The molecule has 0 spiro atoms. The molecule has 0 atom stereocenters. The number of halogens is 1. The van der Waals surface area contributed by atoms with Crippen molar-refractivity contribution >= 4 is 43.2 Å². The molecule has 0 unspecified atom stereocenters. The Hall–Kier alpha value is -1.74. The summed E-state index contributed by atoms with van der Waals surface area (Å²) in [4.78, 5) is 19.4. The number of benzene rings is 1. The molecule has 9 heteroatoms. The van der Waals surface area contributed by atoms with E-state index < -0.39 is 10.0 Å². The fourth-order valence-corrected chi connectivity index (χ4v) is 4.46. The molecule has 0 bridgehead atoms. The van der Waals surface area contributed by atoms with Crippen LogP contribution in [0, 0.1) is 0 Å². The van der Waals surface area contributed by atoms with Crippen LogP contribution in [0.2, 0.25) is 5.02 Å². The number of aromatic amines is 1. The molecule has 0 aliphatic carbocycles. The maximum atomic E-state index is 12.2. The van der Waals surface area contributed by atoms with Gasteiger partial charge in [0.2, 0.25) is 10.0 Å². The van der Waals surface area contributed by atoms with Crippen LogP contribution in [-0.4, -0.2) is 18.4 Å². The van der Waals surface area contributed by atoms with Crippen LogP contribution in [0.4, 0.5) is 0 Å². The monoisotopic (exact) mass is 355 g/mol. The Labute approximate surface area is 134 Å². The molecule has 0 fully saturated rings. The summed E-state index contributed by atoms with van der Waals surface area (Å²) in [6.45, 7) is 0.0635. The van der Waals surface area contributed by atoms with E-state index in [-0.39, 0.29) is 22.0 Å². The maximum Gasteiger partial charge on any atom is 0.259 e. The number of H-pyrrole nitrogens is 1. The van der Waals surface area contributed by atoms with E-state index in [1.165, 1.54) is 29.8 Å². The molecule has 0 amide bonds. The summed E-state index contributed by atoms with van der Waals surface area (Å²) in [6.07, 6.45) is 1.32. The van der Waals surface area contributed by atoms with Gasteiger partial charge in [-0.1, -0.05) is 23.7 Å². The molecule has 0 aliphatic heterocycles. The van der Waals surface area contributed by atoms with Gasteiger partial charge >= 0.3 is 0 Å². The number of thiophene rings is 1. The van der Waals surface area contributed by atoms with Crippen molar-refractivity contribution in [3.8, 4) is 0 Å². The molecular formula is C13H10ClN3O3S2. The first kappa shape index (κ1) is 15.2. The van der Waals surface area contributed by atoms with Crippen LogP contribution in [0.3, 0.4) is 0 Å². The molecule has 1 aromatic carbocycles. The van der Waals surface area contributed by atoms with Crippen LogP contribution in [0.5, 0.6) is 0 Å². The fraction of sp³-hybridized carbons (Fsp3) is 0.0769. The van der Waals surface area contributed by atoms with Gasteiger partial charge in [0.1, 0.15) is 9.73 Å². The van der Waals surface area contributed by atoms with Crippen LogP contribution < -0.4 is 10.3 Å². The lowest BCUT2D eigenvalue weighted by molar-refractivity contribution is 0.582. The number of aromatic nitrogens is 2. The summed E-state index contributed by atoms with van der Waals surface area (Å²) in [6, 6.07) is 7.83. The summed E-state index contributed by atoms with van der Waals surface area (Å²) < 4.78 is 26.9. The highest BCUT2D eigenvalue weighted by Crippen LogP contribution is 2.23. The zero-order valence-electron chi connectivity index (χ0n) is 11.0. The Morgan fingerprint density at radius 1 is 1.32 bits per heavy atom. The van der Waals surface area contributed by atoms with Crippen molar-refractivity contribution in [1.29, 1.82) is 0 Å². The summed E-state index contributed by atoms with van der Waals surface area (Å²) >= 11 is 7.16. The van der Waals surface area contributed by atoms with E-state index in [2.05, 4.69) is 14.7 Å². The van der Waals surface area contributed by atoms with Gasteiger partial charge < -0.3 is 4.98 Å². The van der Waals surface area contributed by atoms with E-state index in [0.29, 0.717) is 15.1 Å². The molecule has 3 rings (SSSR count). The molecule has 3 aromatic rings. The lowest BCUT2D eigenvalue weighted by Gasteiger charge is -2.06. The minimum absolute atomic E-state index is 0.0220. The average molecular weight is 356 g/mol. The number of nitrogens with one attached hydrogen (secondary N) is 2. The van der Waals surface area contributed by atoms with Crippen LogP contribution in [0.1, 0.15) is 4.88 Å². The number of fused-ring (bicyclic) bond motifs is 1. The Bertz CT molecular complexity index is 995. The minimum Gasteiger partial charge on any atom is -0.313 e. The van der Waals surface area contributed by atoms with Gasteiger partial charge in [-0.2, -0.15) is 0 Å². The number of nitrogens with zero attached hydrogens (tertiary/aromatic N) is 1. The van der Waals surface area contributed by atoms with E-state index in [0.717, 1.165) is 0 Å². The van der Waals surface area contributed by atoms with Crippen molar-refractivity contribution in [3.63, 3.8) is 0 Å². The normalized spacial score (nSPS) is 11.9. The molecule has 2 N–H and O–H groups in total. The van der Waals surface area contributed by atoms with Crippen LogP contribution in [0.15, 0.2) is 46.3 Å². The molecular weight excluding hydrogens is 346 g/mol. The second kappa shape index (κ2) is 5.81. The number of hydrogen-bond acceptors (Lipinski definition) is 5. The summed E-state index contributed by atoms with van der Waals surface area (Å²) in [7, 11) is -3.72. The van der Waals surface area contributed by atoms with E-state index in [1.54, 1.807) is 18.2 Å². The van der Waals surface area contributed by atoms with E-state index in [1.807, 2.05) is 0 Å². The van der Waals surface area contributed by atoms with Gasteiger partial charge in [0, 0.05) is 11.4 Å². The highest BCUT2D eigenvalue weighted by Gasteiger charge is 2.17. The Kier molecular flexibility index (Phi) is 4.00. The molecule has 22 heavy (non-hydrogen) atoms. The SMILES string of the molecule is O=c1[nH]cnc2sc(CNS(=O)(=O)c3ccccc3Cl)cc12. The lowest BCUT2D eigenvalue weighted by atomic mass is 10.3. The third kappa shape index (κ3) is 2.91. The summed E-state index contributed by atoms with van der Waals surface area (Å²) in [5.74, 6) is 0. The van der Waals surface area contributed by atoms with E-state index >= 15 is 0 Å². The predicted molar refractivity (Wildman–Crippen MR) is 85.7 cm³/mol. The van der Waals surface area contributed by atoms with Crippen LogP contribution in [0.25, 0.3) is 10.2 Å². The minimum atomic E-state index is -3.72. The first-order valence-electron chi connectivity index (χ1n) is 6.18. The molecule has 2 heterocycles. The van der Waals surface area contributed by atoms with Crippen molar-refractivity contribution < 1.29 is 8.42 Å². The van der Waals surface area contributed by atoms with Gasteiger partial charge in [0.25, 0.3) is 5.56 Å². The smallest absolute Gasteiger partial charge is 0.259 e. The summed E-state index contributed by atoms with van der Waals surface area (Å²) in [5, 5.41) is 0.601. The molecule has 6 nitrogen and oxygen atoms in total. The van der Waals surface area contributed by atoms with E-state index in [4.69, 9.17) is 11.6 Å². The standard InChI is InChI=1S/C13H10ClN3O3S2/c14-10-3-1-2-4-11(10)22(19,20)17-6-8-5-9-12(18)15-7-16-13(9)21-8/h1-5,7,17H,6H2,(H,15,16,18). The molecule has 0 saturated carbocycles. The Morgan fingerprint density at radius 3 is 2.82 bits per heavy atom. The Balaban J connectivity index is 1.86.